The first kappa shape index (κ1) is 18.3. The molecule has 0 bridgehead atoms. The van der Waals surface area contributed by atoms with Gasteiger partial charge in [-0.2, -0.15) is 0 Å². The molecule has 1 aliphatic rings. The van der Waals surface area contributed by atoms with Crippen LogP contribution in [0.5, 0.6) is 5.88 Å². The molecule has 138 valence electrons. The van der Waals surface area contributed by atoms with Crippen molar-refractivity contribution in [1.82, 2.24) is 4.98 Å². The van der Waals surface area contributed by atoms with Crippen LogP contribution >= 0.6 is 0 Å². The Labute approximate surface area is 152 Å². The van der Waals surface area contributed by atoms with E-state index in [0.29, 0.717) is 30.0 Å². The van der Waals surface area contributed by atoms with E-state index in [-0.39, 0.29) is 24.2 Å². The summed E-state index contributed by atoms with van der Waals surface area (Å²) in [6, 6.07) is 6.62. The number of carbonyl (C=O) groups excluding carboxylic acids is 1. The van der Waals surface area contributed by atoms with E-state index in [9.17, 15) is 9.18 Å². The van der Waals surface area contributed by atoms with E-state index in [1.165, 1.54) is 6.07 Å². The van der Waals surface area contributed by atoms with Crippen molar-refractivity contribution >= 4 is 5.97 Å². The van der Waals surface area contributed by atoms with Crippen LogP contribution in [0.25, 0.3) is 11.1 Å². The number of hydrogen-bond donors (Lipinski definition) is 0. The lowest BCUT2D eigenvalue weighted by Crippen LogP contribution is -2.28. The third-order valence-corrected chi connectivity index (χ3v) is 4.33. The highest BCUT2D eigenvalue weighted by molar-refractivity contribution is 5.90. The zero-order valence-electron chi connectivity index (χ0n) is 15.2. The summed E-state index contributed by atoms with van der Waals surface area (Å²) in [5.41, 5.74) is 2.78. The Morgan fingerprint density at radius 1 is 1.35 bits per heavy atom. The minimum absolute atomic E-state index is 0.110. The number of fused-ring (bicyclic) bond motifs is 1. The predicted molar refractivity (Wildman–Crippen MR) is 94.9 cm³/mol. The highest BCUT2D eigenvalue weighted by atomic mass is 19.1. The molecule has 1 atom stereocenters. The van der Waals surface area contributed by atoms with Crippen molar-refractivity contribution in [2.75, 3.05) is 20.3 Å². The number of esters is 1. The Morgan fingerprint density at radius 2 is 2.15 bits per heavy atom. The van der Waals surface area contributed by atoms with Gasteiger partial charge in [-0.25, -0.2) is 14.2 Å². The van der Waals surface area contributed by atoms with Crippen LogP contribution < -0.4 is 4.74 Å². The van der Waals surface area contributed by atoms with E-state index >= 15 is 0 Å². The molecule has 6 heteroatoms. The van der Waals surface area contributed by atoms with E-state index in [4.69, 9.17) is 14.2 Å². The van der Waals surface area contributed by atoms with Gasteiger partial charge >= 0.3 is 5.97 Å². The number of rotatable bonds is 5. The monoisotopic (exact) mass is 359 g/mol. The molecule has 0 aliphatic carbocycles. The molecule has 0 fully saturated rings. The number of methoxy groups -OCH3 is 1. The number of carbonyl (C=O) groups is 1. The number of pyridine rings is 1. The number of halogens is 1. The molecule has 26 heavy (non-hydrogen) atoms. The van der Waals surface area contributed by atoms with E-state index < -0.39 is 5.97 Å². The number of aryl methyl sites for hydroxylation is 1. The average molecular weight is 359 g/mol. The van der Waals surface area contributed by atoms with Crippen LogP contribution in [-0.2, 0) is 15.9 Å². The first-order valence-electron chi connectivity index (χ1n) is 8.66. The normalized spacial score (nSPS) is 15.9. The maximum Gasteiger partial charge on any atom is 0.357 e. The zero-order chi connectivity index (χ0) is 18.7. The molecule has 1 aromatic heterocycles. The van der Waals surface area contributed by atoms with Crippen molar-refractivity contribution in [2.45, 2.75) is 32.8 Å². The molecule has 3 rings (SSSR count). The van der Waals surface area contributed by atoms with Crippen molar-refractivity contribution < 1.29 is 23.4 Å². The van der Waals surface area contributed by atoms with Gasteiger partial charge in [0.15, 0.2) is 5.69 Å². The summed E-state index contributed by atoms with van der Waals surface area (Å²) in [6.45, 7) is 4.22. The fourth-order valence-electron chi connectivity index (χ4n) is 3.10. The minimum atomic E-state index is -0.554. The molecular weight excluding hydrogens is 337 g/mol. The van der Waals surface area contributed by atoms with Crippen LogP contribution in [0.1, 0.15) is 35.0 Å². The second-order valence-electron chi connectivity index (χ2n) is 6.28. The maximum absolute atomic E-state index is 14.6. The lowest BCUT2D eigenvalue weighted by Gasteiger charge is -2.27. The van der Waals surface area contributed by atoms with Crippen molar-refractivity contribution in [1.29, 1.82) is 0 Å². The van der Waals surface area contributed by atoms with Gasteiger partial charge < -0.3 is 14.2 Å². The highest BCUT2D eigenvalue weighted by Crippen LogP contribution is 2.36. The van der Waals surface area contributed by atoms with Gasteiger partial charge in [-0.1, -0.05) is 12.1 Å². The number of ether oxygens (including phenoxy) is 3. The largest absolute Gasteiger partial charge is 0.472 e. The Hall–Kier alpha value is -2.47. The quantitative estimate of drug-likeness (QED) is 0.762. The summed E-state index contributed by atoms with van der Waals surface area (Å²) >= 11 is 0. The third kappa shape index (κ3) is 3.70. The summed E-state index contributed by atoms with van der Waals surface area (Å²) in [5, 5.41) is 0. The molecule has 0 saturated heterocycles. The molecule has 1 unspecified atom stereocenters. The van der Waals surface area contributed by atoms with E-state index in [1.807, 2.05) is 13.0 Å². The first-order valence-corrected chi connectivity index (χ1v) is 8.66. The van der Waals surface area contributed by atoms with Gasteiger partial charge in [-0.3, -0.25) is 0 Å². The molecule has 0 N–H and O–H groups in total. The lowest BCUT2D eigenvalue weighted by atomic mass is 9.93. The molecule has 5 nitrogen and oxygen atoms in total. The summed E-state index contributed by atoms with van der Waals surface area (Å²) in [7, 11) is 1.61. The van der Waals surface area contributed by atoms with Crippen LogP contribution in [0.4, 0.5) is 4.39 Å². The summed E-state index contributed by atoms with van der Waals surface area (Å²) in [5.74, 6) is -0.549. The smallest absolute Gasteiger partial charge is 0.357 e. The van der Waals surface area contributed by atoms with Crippen molar-refractivity contribution in [2.24, 2.45) is 0 Å². The van der Waals surface area contributed by atoms with Crippen LogP contribution in [0.3, 0.4) is 0 Å². The van der Waals surface area contributed by atoms with Crippen LogP contribution in [0, 0.1) is 12.7 Å². The topological polar surface area (TPSA) is 57.7 Å². The first-order chi connectivity index (χ1) is 12.5. The van der Waals surface area contributed by atoms with Crippen LogP contribution in [0.15, 0.2) is 24.3 Å². The Morgan fingerprint density at radius 3 is 2.85 bits per heavy atom. The Balaban J connectivity index is 2.11. The number of nitrogens with zero attached hydrogens (tertiary/aromatic N) is 1. The van der Waals surface area contributed by atoms with E-state index in [2.05, 4.69) is 4.98 Å². The van der Waals surface area contributed by atoms with Gasteiger partial charge in [0.1, 0.15) is 11.9 Å². The lowest BCUT2D eigenvalue weighted by molar-refractivity contribution is 0.0506. The SMILES string of the molecule is CCOC(=O)c1cc(-c2ccc(C)cc2F)c2c(n1)OC(COC)CC2. The Bertz CT molecular complexity index is 822. The average Bonchev–Trinajstić information content (AvgIpc) is 2.61. The highest BCUT2D eigenvalue weighted by Gasteiger charge is 2.27. The molecule has 0 saturated carbocycles. The number of benzene rings is 1. The Kier molecular flexibility index (Phi) is 5.52. The van der Waals surface area contributed by atoms with Gasteiger partial charge in [0.05, 0.1) is 13.2 Å². The van der Waals surface area contributed by atoms with Crippen LogP contribution in [0.2, 0.25) is 0 Å². The predicted octanol–water partition coefficient (Wildman–Crippen LogP) is 3.71. The molecule has 1 aliphatic heterocycles. The molecule has 1 aromatic carbocycles. The maximum atomic E-state index is 14.6. The van der Waals surface area contributed by atoms with Gasteiger partial charge in [-0.15, -0.1) is 0 Å². The van der Waals surface area contributed by atoms with Crippen molar-refractivity contribution in [3.63, 3.8) is 0 Å². The second kappa shape index (κ2) is 7.83. The van der Waals surface area contributed by atoms with Crippen LogP contribution in [-0.4, -0.2) is 37.4 Å². The van der Waals surface area contributed by atoms with Gasteiger partial charge in [0.2, 0.25) is 5.88 Å². The van der Waals surface area contributed by atoms with Crippen molar-refractivity contribution in [3.05, 3.63) is 46.9 Å². The van der Waals surface area contributed by atoms with Gasteiger partial charge in [0, 0.05) is 18.2 Å². The summed E-state index contributed by atoms with van der Waals surface area (Å²) in [6.07, 6.45) is 1.26. The molecule has 0 spiro atoms. The minimum Gasteiger partial charge on any atom is -0.472 e. The summed E-state index contributed by atoms with van der Waals surface area (Å²) in [4.78, 5) is 16.5. The molecule has 2 heterocycles. The van der Waals surface area contributed by atoms with E-state index in [0.717, 1.165) is 17.5 Å². The zero-order valence-corrected chi connectivity index (χ0v) is 15.2. The number of hydrogen-bond acceptors (Lipinski definition) is 5. The third-order valence-electron chi connectivity index (χ3n) is 4.33. The van der Waals surface area contributed by atoms with Gasteiger partial charge in [0.25, 0.3) is 0 Å². The van der Waals surface area contributed by atoms with E-state index in [1.54, 1.807) is 26.2 Å². The standard InChI is InChI=1S/C20H22FNO4/c1-4-25-20(23)18-10-16(14-7-5-12(2)9-17(14)21)15-8-6-13(11-24-3)26-19(15)22-18/h5,7,9-10,13H,4,6,8,11H2,1-3H3. The number of aromatic nitrogens is 1. The molecule has 2 aromatic rings. The second-order valence-corrected chi connectivity index (χ2v) is 6.28. The molecular formula is C20H22FNO4. The van der Waals surface area contributed by atoms with Crippen molar-refractivity contribution in [3.8, 4) is 17.0 Å². The fraction of sp³-hybridized carbons (Fsp3) is 0.400. The summed E-state index contributed by atoms with van der Waals surface area (Å²) < 4.78 is 30.7. The molecule has 0 amide bonds. The fourth-order valence-corrected chi connectivity index (χ4v) is 3.10. The molecule has 0 radical (unpaired) electrons. The van der Waals surface area contributed by atoms with Gasteiger partial charge in [-0.05, 0) is 49.9 Å².